The molecule has 66 valence electrons. The molecule has 0 aliphatic carbocycles. The van der Waals surface area contributed by atoms with E-state index in [1.165, 1.54) is 0 Å². The van der Waals surface area contributed by atoms with Gasteiger partial charge in [0.1, 0.15) is 0 Å². The number of hydrogen-bond acceptors (Lipinski definition) is 2. The Hall–Kier alpha value is -1.09. The molecule has 0 amide bonds. The molecule has 1 aromatic rings. The summed E-state index contributed by atoms with van der Waals surface area (Å²) >= 11 is 0. The van der Waals surface area contributed by atoms with E-state index in [0.29, 0.717) is 5.56 Å². The highest BCUT2D eigenvalue weighted by Gasteiger charge is 2.06. The quantitative estimate of drug-likeness (QED) is 0.654. The maximum absolute atomic E-state index is 11.3. The summed E-state index contributed by atoms with van der Waals surface area (Å²) < 4.78 is 0. The average molecular weight is 166 g/mol. The average Bonchev–Trinajstić information content (AvgIpc) is 1.96. The van der Waals surface area contributed by atoms with Crippen LogP contribution in [0, 0.1) is 13.8 Å². The second kappa shape index (κ2) is 3.11. The third-order valence-corrected chi connectivity index (χ3v) is 2.02. The van der Waals surface area contributed by atoms with E-state index >= 15 is 0 Å². The van der Waals surface area contributed by atoms with Crippen molar-refractivity contribution >= 4 is 0 Å². The summed E-state index contributed by atoms with van der Waals surface area (Å²) in [5.41, 5.74) is 8.17. The summed E-state index contributed by atoms with van der Waals surface area (Å²) in [5.74, 6) is 0. The van der Waals surface area contributed by atoms with Crippen LogP contribution in [-0.2, 0) is 0 Å². The number of aromatic amines is 1. The van der Waals surface area contributed by atoms with Gasteiger partial charge >= 0.3 is 0 Å². The maximum atomic E-state index is 11.3. The van der Waals surface area contributed by atoms with Crippen LogP contribution < -0.4 is 11.3 Å². The van der Waals surface area contributed by atoms with Crippen LogP contribution in [0.3, 0.4) is 0 Å². The predicted molar refractivity (Wildman–Crippen MR) is 49.1 cm³/mol. The molecule has 0 unspecified atom stereocenters. The van der Waals surface area contributed by atoms with Gasteiger partial charge in [-0.1, -0.05) is 0 Å². The molecule has 0 saturated heterocycles. The van der Waals surface area contributed by atoms with Crippen molar-refractivity contribution in [1.82, 2.24) is 4.98 Å². The zero-order valence-electron chi connectivity index (χ0n) is 7.64. The van der Waals surface area contributed by atoms with Crippen LogP contribution in [-0.4, -0.2) is 4.98 Å². The third kappa shape index (κ3) is 1.56. The molecule has 12 heavy (non-hydrogen) atoms. The van der Waals surface area contributed by atoms with Crippen LogP contribution >= 0.6 is 0 Å². The summed E-state index contributed by atoms with van der Waals surface area (Å²) in [4.78, 5) is 14.1. The molecule has 0 fully saturated rings. The van der Waals surface area contributed by atoms with E-state index < -0.39 is 0 Å². The number of aromatic nitrogens is 1. The fourth-order valence-corrected chi connectivity index (χ4v) is 1.09. The summed E-state index contributed by atoms with van der Waals surface area (Å²) in [5, 5.41) is 0. The lowest BCUT2D eigenvalue weighted by atomic mass is 10.1. The van der Waals surface area contributed by atoms with E-state index in [0.717, 1.165) is 11.3 Å². The molecule has 1 atom stereocenters. The van der Waals surface area contributed by atoms with E-state index in [4.69, 9.17) is 5.73 Å². The molecule has 3 nitrogen and oxygen atoms in total. The fraction of sp³-hybridized carbons (Fsp3) is 0.444. The summed E-state index contributed by atoms with van der Waals surface area (Å²) in [6.45, 7) is 5.64. The normalized spacial score (nSPS) is 13.0. The molecule has 1 rings (SSSR count). The molecule has 1 aromatic heterocycles. The van der Waals surface area contributed by atoms with Crippen molar-refractivity contribution in [2.45, 2.75) is 26.8 Å². The smallest absolute Gasteiger partial charge is 0.252 e. The van der Waals surface area contributed by atoms with Gasteiger partial charge in [-0.05, 0) is 32.4 Å². The molecule has 3 heteroatoms. The lowest BCUT2D eigenvalue weighted by Crippen LogP contribution is -2.20. The lowest BCUT2D eigenvalue weighted by Gasteiger charge is -2.06. The highest BCUT2D eigenvalue weighted by molar-refractivity contribution is 5.24. The van der Waals surface area contributed by atoms with Gasteiger partial charge in [-0.3, -0.25) is 4.79 Å². The third-order valence-electron chi connectivity index (χ3n) is 2.02. The predicted octanol–water partition coefficient (Wildman–Crippen LogP) is 1.01. The minimum absolute atomic E-state index is 0.0758. The first-order valence-corrected chi connectivity index (χ1v) is 3.98. The van der Waals surface area contributed by atoms with Gasteiger partial charge in [0, 0.05) is 17.3 Å². The van der Waals surface area contributed by atoms with Crippen molar-refractivity contribution in [3.05, 3.63) is 33.2 Å². The molecule has 1 heterocycles. The molecule has 0 radical (unpaired) electrons. The van der Waals surface area contributed by atoms with Gasteiger partial charge in [-0.25, -0.2) is 0 Å². The summed E-state index contributed by atoms with van der Waals surface area (Å²) in [6, 6.07) is 1.65. The van der Waals surface area contributed by atoms with Crippen molar-refractivity contribution in [2.75, 3.05) is 0 Å². The van der Waals surface area contributed by atoms with Crippen molar-refractivity contribution in [3.63, 3.8) is 0 Å². The standard InChI is InChI=1S/C9H14N2O/c1-5-4-8(6(2)10)9(12)11-7(5)3/h4,6H,10H2,1-3H3,(H,11,12)/t6-/m1/s1. The molecule has 0 aliphatic rings. The Morgan fingerprint density at radius 1 is 1.50 bits per heavy atom. The van der Waals surface area contributed by atoms with Crippen molar-refractivity contribution in [3.8, 4) is 0 Å². The number of nitrogens with one attached hydrogen (secondary N) is 1. The molecule has 0 bridgehead atoms. The topological polar surface area (TPSA) is 58.9 Å². The van der Waals surface area contributed by atoms with Crippen LogP contribution in [0.4, 0.5) is 0 Å². The highest BCUT2D eigenvalue weighted by Crippen LogP contribution is 2.07. The van der Waals surface area contributed by atoms with E-state index in [1.54, 1.807) is 6.92 Å². The largest absolute Gasteiger partial charge is 0.326 e. The van der Waals surface area contributed by atoms with Gasteiger partial charge in [-0.15, -0.1) is 0 Å². The number of nitrogens with two attached hydrogens (primary N) is 1. The monoisotopic (exact) mass is 166 g/mol. The van der Waals surface area contributed by atoms with Gasteiger partial charge in [0.2, 0.25) is 0 Å². The number of hydrogen-bond donors (Lipinski definition) is 2. The Balaban J connectivity index is 3.33. The zero-order valence-corrected chi connectivity index (χ0v) is 7.64. The van der Waals surface area contributed by atoms with Crippen molar-refractivity contribution in [1.29, 1.82) is 0 Å². The molecule has 3 N–H and O–H groups in total. The van der Waals surface area contributed by atoms with Gasteiger partial charge in [0.25, 0.3) is 5.56 Å². The van der Waals surface area contributed by atoms with Crippen LogP contribution in [0.25, 0.3) is 0 Å². The first-order chi connectivity index (χ1) is 5.52. The molecule has 0 saturated carbocycles. The lowest BCUT2D eigenvalue weighted by molar-refractivity contribution is 0.794. The minimum Gasteiger partial charge on any atom is -0.326 e. The fourth-order valence-electron chi connectivity index (χ4n) is 1.09. The molecule has 0 aromatic carbocycles. The Morgan fingerprint density at radius 3 is 2.58 bits per heavy atom. The Labute approximate surface area is 71.6 Å². The molecule has 0 spiro atoms. The highest BCUT2D eigenvalue weighted by atomic mass is 16.1. The van der Waals surface area contributed by atoms with E-state index in [2.05, 4.69) is 4.98 Å². The number of H-pyrrole nitrogens is 1. The number of pyridine rings is 1. The number of rotatable bonds is 1. The SMILES string of the molecule is Cc1cc([C@@H](C)N)c(=O)[nH]c1C. The van der Waals surface area contributed by atoms with Crippen molar-refractivity contribution in [2.24, 2.45) is 5.73 Å². The van der Waals surface area contributed by atoms with E-state index in [-0.39, 0.29) is 11.6 Å². The second-order valence-corrected chi connectivity index (χ2v) is 3.15. The van der Waals surface area contributed by atoms with E-state index in [9.17, 15) is 4.79 Å². The number of aryl methyl sites for hydroxylation is 2. The van der Waals surface area contributed by atoms with Crippen LogP contribution in [0.1, 0.15) is 29.8 Å². The minimum atomic E-state index is -0.201. The Kier molecular flexibility index (Phi) is 2.33. The Morgan fingerprint density at radius 2 is 2.08 bits per heavy atom. The van der Waals surface area contributed by atoms with E-state index in [1.807, 2.05) is 19.9 Å². The van der Waals surface area contributed by atoms with Gasteiger partial charge in [0.15, 0.2) is 0 Å². The van der Waals surface area contributed by atoms with Crippen LogP contribution in [0.15, 0.2) is 10.9 Å². The zero-order chi connectivity index (χ0) is 9.30. The molecular weight excluding hydrogens is 152 g/mol. The van der Waals surface area contributed by atoms with Gasteiger partial charge < -0.3 is 10.7 Å². The van der Waals surface area contributed by atoms with Gasteiger partial charge in [-0.2, -0.15) is 0 Å². The summed E-state index contributed by atoms with van der Waals surface area (Å²) in [6.07, 6.45) is 0. The van der Waals surface area contributed by atoms with Crippen LogP contribution in [0.2, 0.25) is 0 Å². The summed E-state index contributed by atoms with van der Waals surface area (Å²) in [7, 11) is 0. The second-order valence-electron chi connectivity index (χ2n) is 3.15. The molecule has 0 aliphatic heterocycles. The van der Waals surface area contributed by atoms with Crippen molar-refractivity contribution < 1.29 is 0 Å². The maximum Gasteiger partial charge on any atom is 0.252 e. The van der Waals surface area contributed by atoms with Crippen LogP contribution in [0.5, 0.6) is 0 Å². The van der Waals surface area contributed by atoms with Gasteiger partial charge in [0.05, 0.1) is 0 Å². The first-order valence-electron chi connectivity index (χ1n) is 3.98. The molecular formula is C9H14N2O. The Bertz CT molecular complexity index is 339. The first kappa shape index (κ1) is 9.00.